The Morgan fingerprint density at radius 1 is 1.37 bits per heavy atom. The van der Waals surface area contributed by atoms with Crippen LogP contribution in [0.2, 0.25) is 0 Å². The van der Waals surface area contributed by atoms with E-state index in [1.807, 2.05) is 30.3 Å². The van der Waals surface area contributed by atoms with Crippen LogP contribution in [0.25, 0.3) is 10.2 Å². The summed E-state index contributed by atoms with van der Waals surface area (Å²) in [7, 11) is 0. The molecule has 1 N–H and O–H groups in total. The van der Waals surface area contributed by atoms with E-state index >= 15 is 0 Å². The summed E-state index contributed by atoms with van der Waals surface area (Å²) in [6, 6.07) is 7.77. The zero-order valence-electron chi connectivity index (χ0n) is 9.91. The van der Waals surface area contributed by atoms with Crippen LogP contribution in [0.3, 0.4) is 0 Å². The maximum Gasteiger partial charge on any atom is 0.337 e. The van der Waals surface area contributed by atoms with Crippen LogP contribution in [0.4, 0.5) is 5.13 Å². The Balaban J connectivity index is 2.03. The van der Waals surface area contributed by atoms with E-state index in [-0.39, 0.29) is 5.57 Å². The molecule has 0 aliphatic heterocycles. The normalized spacial score (nSPS) is 16.8. The van der Waals surface area contributed by atoms with Crippen molar-refractivity contribution in [3.63, 3.8) is 0 Å². The second-order valence-corrected chi connectivity index (χ2v) is 5.05. The molecule has 1 heterocycles. The lowest BCUT2D eigenvalue weighted by Crippen LogP contribution is -2.13. The van der Waals surface area contributed by atoms with Crippen LogP contribution >= 0.6 is 11.3 Å². The Morgan fingerprint density at radius 2 is 2.21 bits per heavy atom. The fourth-order valence-corrected chi connectivity index (χ4v) is 2.74. The van der Waals surface area contributed by atoms with Gasteiger partial charge in [-0.25, -0.2) is 14.8 Å². The Hall–Kier alpha value is -2.27. The molecule has 4 nitrogen and oxygen atoms in total. The molecule has 0 spiro atoms. The smallest absolute Gasteiger partial charge is 0.337 e. The zero-order chi connectivity index (χ0) is 13.2. The van der Waals surface area contributed by atoms with Crippen molar-refractivity contribution >= 4 is 38.4 Å². The molecule has 0 unspecified atom stereocenters. The highest BCUT2D eigenvalue weighted by atomic mass is 32.1. The number of rotatable bonds is 2. The summed E-state index contributed by atoms with van der Waals surface area (Å²) in [5, 5.41) is 9.72. The third kappa shape index (κ3) is 2.32. The highest BCUT2D eigenvalue weighted by Gasteiger charge is 2.16. The second kappa shape index (κ2) is 4.78. The third-order valence-electron chi connectivity index (χ3n) is 2.76. The van der Waals surface area contributed by atoms with Crippen LogP contribution < -0.4 is 0 Å². The largest absolute Gasteiger partial charge is 0.478 e. The monoisotopic (exact) mass is 270 g/mol. The molecule has 1 aliphatic rings. The molecular formula is C14H10N2O2S. The van der Waals surface area contributed by atoms with Crippen LogP contribution in [0.1, 0.15) is 6.42 Å². The molecule has 0 bridgehead atoms. The van der Waals surface area contributed by atoms with Crippen molar-refractivity contribution in [1.82, 2.24) is 4.98 Å². The molecule has 19 heavy (non-hydrogen) atoms. The van der Waals surface area contributed by atoms with Gasteiger partial charge in [-0.15, -0.1) is 0 Å². The summed E-state index contributed by atoms with van der Waals surface area (Å²) in [5.41, 5.74) is 1.68. The number of aliphatic imine (C=N–C) groups is 1. The van der Waals surface area contributed by atoms with Gasteiger partial charge in [-0.2, -0.15) is 0 Å². The summed E-state index contributed by atoms with van der Waals surface area (Å²) >= 11 is 1.46. The van der Waals surface area contributed by atoms with E-state index < -0.39 is 5.97 Å². The first-order chi connectivity index (χ1) is 9.24. The summed E-state index contributed by atoms with van der Waals surface area (Å²) in [4.78, 5) is 19.9. The van der Waals surface area contributed by atoms with Gasteiger partial charge in [0.2, 0.25) is 5.13 Å². The van der Waals surface area contributed by atoms with Crippen molar-refractivity contribution in [3.05, 3.63) is 48.1 Å². The fraction of sp³-hybridized carbons (Fsp3) is 0.0714. The van der Waals surface area contributed by atoms with E-state index in [1.54, 1.807) is 12.2 Å². The van der Waals surface area contributed by atoms with Crippen LogP contribution in [0, 0.1) is 0 Å². The average molecular weight is 270 g/mol. The average Bonchev–Trinajstić information content (AvgIpc) is 2.81. The van der Waals surface area contributed by atoms with Gasteiger partial charge < -0.3 is 5.11 Å². The molecule has 0 amide bonds. The maximum absolute atomic E-state index is 11.1. The number of aliphatic carboxylic acids is 1. The second-order valence-electron chi connectivity index (χ2n) is 4.04. The van der Waals surface area contributed by atoms with Gasteiger partial charge in [-0.3, -0.25) is 0 Å². The molecule has 0 saturated heterocycles. The van der Waals surface area contributed by atoms with Crippen molar-refractivity contribution in [3.8, 4) is 0 Å². The number of hydrogen-bond acceptors (Lipinski definition) is 4. The van der Waals surface area contributed by atoms with Gasteiger partial charge in [0.15, 0.2) is 0 Å². The van der Waals surface area contributed by atoms with Crippen LogP contribution in [0.15, 0.2) is 53.1 Å². The number of carbonyl (C=O) groups is 1. The summed E-state index contributed by atoms with van der Waals surface area (Å²) < 4.78 is 1.05. The Morgan fingerprint density at radius 3 is 3.00 bits per heavy atom. The van der Waals surface area contributed by atoms with E-state index in [0.717, 1.165) is 10.2 Å². The number of thiazole rings is 1. The fourth-order valence-electron chi connectivity index (χ4n) is 1.87. The van der Waals surface area contributed by atoms with Gasteiger partial charge >= 0.3 is 5.97 Å². The van der Waals surface area contributed by atoms with E-state index in [1.165, 1.54) is 11.3 Å². The number of carboxylic acids is 1. The standard InChI is InChI=1S/C14H10N2O2S/c17-13(18)9-5-1-2-6-10(9)15-14-16-11-7-3-4-8-12(11)19-14/h1-5,7-8H,6H2,(H,17,18). The first-order valence-corrected chi connectivity index (χ1v) is 6.59. The summed E-state index contributed by atoms with van der Waals surface area (Å²) in [6.45, 7) is 0. The summed E-state index contributed by atoms with van der Waals surface area (Å²) in [5.74, 6) is -0.954. The van der Waals surface area contributed by atoms with Gasteiger partial charge in [0.25, 0.3) is 0 Å². The van der Waals surface area contributed by atoms with Crippen molar-refractivity contribution in [2.24, 2.45) is 4.99 Å². The van der Waals surface area contributed by atoms with Crippen molar-refractivity contribution in [2.45, 2.75) is 6.42 Å². The highest BCUT2D eigenvalue weighted by Crippen LogP contribution is 2.29. The maximum atomic E-state index is 11.1. The van der Waals surface area contributed by atoms with Crippen LogP contribution in [-0.2, 0) is 4.79 Å². The van der Waals surface area contributed by atoms with Gasteiger partial charge in [0.05, 0.1) is 21.5 Å². The minimum absolute atomic E-state index is 0.238. The van der Waals surface area contributed by atoms with Gasteiger partial charge in [-0.05, 0) is 18.2 Å². The molecular weight excluding hydrogens is 260 g/mol. The van der Waals surface area contributed by atoms with E-state index in [9.17, 15) is 4.79 Å². The lowest BCUT2D eigenvalue weighted by molar-refractivity contribution is -0.132. The van der Waals surface area contributed by atoms with Crippen LogP contribution in [-0.4, -0.2) is 21.8 Å². The number of allylic oxidation sites excluding steroid dienone is 3. The molecule has 0 atom stereocenters. The number of fused-ring (bicyclic) bond motifs is 1. The molecule has 94 valence electrons. The Kier molecular flexibility index (Phi) is 2.97. The predicted octanol–water partition coefficient (Wildman–Crippen LogP) is 3.34. The number of carboxylic acid groups (broad SMARTS) is 1. The number of benzene rings is 1. The van der Waals surface area contributed by atoms with E-state index in [4.69, 9.17) is 5.11 Å². The molecule has 0 fully saturated rings. The predicted molar refractivity (Wildman–Crippen MR) is 76.2 cm³/mol. The molecule has 1 aromatic carbocycles. The van der Waals surface area contributed by atoms with Gasteiger partial charge in [0, 0.05) is 6.42 Å². The number of para-hydroxylation sites is 1. The molecule has 5 heteroatoms. The number of aromatic nitrogens is 1. The van der Waals surface area contributed by atoms with Gasteiger partial charge in [-0.1, -0.05) is 35.6 Å². The van der Waals surface area contributed by atoms with E-state index in [2.05, 4.69) is 9.98 Å². The number of nitrogens with zero attached hydrogens (tertiary/aromatic N) is 2. The first kappa shape index (κ1) is 11.8. The Bertz CT molecular complexity index is 708. The lowest BCUT2D eigenvalue weighted by atomic mass is 10.0. The molecule has 0 radical (unpaired) electrons. The quantitative estimate of drug-likeness (QED) is 0.910. The topological polar surface area (TPSA) is 62.5 Å². The minimum atomic E-state index is -0.954. The van der Waals surface area contributed by atoms with Crippen molar-refractivity contribution < 1.29 is 9.90 Å². The van der Waals surface area contributed by atoms with Crippen molar-refractivity contribution in [1.29, 1.82) is 0 Å². The number of hydrogen-bond donors (Lipinski definition) is 1. The first-order valence-electron chi connectivity index (χ1n) is 5.77. The van der Waals surface area contributed by atoms with E-state index in [0.29, 0.717) is 17.3 Å². The minimum Gasteiger partial charge on any atom is -0.478 e. The molecule has 1 aliphatic carbocycles. The third-order valence-corrected chi connectivity index (χ3v) is 3.69. The van der Waals surface area contributed by atoms with Gasteiger partial charge in [0.1, 0.15) is 0 Å². The highest BCUT2D eigenvalue weighted by molar-refractivity contribution is 7.22. The van der Waals surface area contributed by atoms with Crippen LogP contribution in [0.5, 0.6) is 0 Å². The Labute approximate surface area is 113 Å². The SMILES string of the molecule is O=C(O)C1=CC=CCC1=Nc1nc2ccccc2s1. The zero-order valence-corrected chi connectivity index (χ0v) is 10.7. The van der Waals surface area contributed by atoms with Crippen molar-refractivity contribution in [2.75, 3.05) is 0 Å². The molecule has 2 aromatic rings. The molecule has 0 saturated carbocycles. The molecule has 3 rings (SSSR count). The molecule has 1 aromatic heterocycles. The summed E-state index contributed by atoms with van der Waals surface area (Å²) in [6.07, 6.45) is 5.71. The lowest BCUT2D eigenvalue weighted by Gasteiger charge is -2.06.